The molecule has 0 spiro atoms. The van der Waals surface area contributed by atoms with E-state index >= 15 is 0 Å². The third kappa shape index (κ3) is 3.83. The van der Waals surface area contributed by atoms with E-state index < -0.39 is 17.7 Å². The molecule has 0 saturated heterocycles. The van der Waals surface area contributed by atoms with Crippen molar-refractivity contribution in [1.29, 1.82) is 0 Å². The Balaban J connectivity index is 2.25. The molecule has 1 aromatic carbocycles. The molecule has 1 aromatic heterocycles. The van der Waals surface area contributed by atoms with E-state index in [4.69, 9.17) is 0 Å². The first-order valence-corrected chi connectivity index (χ1v) is 6.81. The minimum atomic E-state index is -0.573. The van der Waals surface area contributed by atoms with Crippen molar-refractivity contribution >= 4 is 0 Å². The van der Waals surface area contributed by atoms with Crippen molar-refractivity contribution in [3.05, 3.63) is 65.5 Å². The molecular formula is C16H18F2N2O. The average molecular weight is 292 g/mol. The number of nitrogens with zero attached hydrogens (tertiary/aromatic N) is 2. The molecule has 2 aromatic rings. The second-order valence-corrected chi connectivity index (χ2v) is 4.87. The zero-order chi connectivity index (χ0) is 15.2. The summed E-state index contributed by atoms with van der Waals surface area (Å²) in [6.45, 7) is 2.43. The van der Waals surface area contributed by atoms with Crippen LogP contribution in [0.3, 0.4) is 0 Å². The Labute approximate surface area is 122 Å². The van der Waals surface area contributed by atoms with E-state index in [0.29, 0.717) is 13.1 Å². The van der Waals surface area contributed by atoms with Crippen molar-refractivity contribution in [1.82, 2.24) is 9.88 Å². The van der Waals surface area contributed by atoms with Crippen LogP contribution in [0.2, 0.25) is 0 Å². The van der Waals surface area contributed by atoms with Crippen molar-refractivity contribution in [2.45, 2.75) is 19.5 Å². The molecule has 0 aliphatic rings. The molecule has 0 amide bonds. The Morgan fingerprint density at radius 1 is 1.19 bits per heavy atom. The summed E-state index contributed by atoms with van der Waals surface area (Å²) in [7, 11) is 0. The number of rotatable bonds is 6. The molecule has 1 unspecified atom stereocenters. The van der Waals surface area contributed by atoms with E-state index in [0.717, 1.165) is 5.56 Å². The number of pyridine rings is 1. The van der Waals surface area contributed by atoms with Gasteiger partial charge in [0.2, 0.25) is 0 Å². The Morgan fingerprint density at radius 2 is 1.90 bits per heavy atom. The lowest BCUT2D eigenvalue weighted by molar-refractivity contribution is 0.147. The zero-order valence-corrected chi connectivity index (χ0v) is 11.8. The Hall–Kier alpha value is -1.85. The van der Waals surface area contributed by atoms with Gasteiger partial charge in [0, 0.05) is 37.1 Å². The number of benzene rings is 1. The smallest absolute Gasteiger partial charge is 0.130 e. The lowest BCUT2D eigenvalue weighted by Gasteiger charge is -2.29. The van der Waals surface area contributed by atoms with Crippen molar-refractivity contribution in [3.8, 4) is 0 Å². The summed E-state index contributed by atoms with van der Waals surface area (Å²) >= 11 is 0. The van der Waals surface area contributed by atoms with Crippen LogP contribution in [0, 0.1) is 11.6 Å². The Kier molecular flexibility index (Phi) is 5.36. The second kappa shape index (κ2) is 7.24. The number of hydrogen-bond acceptors (Lipinski definition) is 3. The molecular weight excluding hydrogens is 274 g/mol. The van der Waals surface area contributed by atoms with E-state index in [1.807, 2.05) is 11.0 Å². The molecule has 1 heterocycles. The molecule has 112 valence electrons. The number of aliphatic hydroxyl groups excluding tert-OH is 1. The van der Waals surface area contributed by atoms with Crippen LogP contribution < -0.4 is 0 Å². The first-order chi connectivity index (χ1) is 10.1. The highest BCUT2D eigenvalue weighted by Crippen LogP contribution is 2.26. The van der Waals surface area contributed by atoms with Gasteiger partial charge in [-0.3, -0.25) is 9.88 Å². The summed E-state index contributed by atoms with van der Waals surface area (Å²) in [6.07, 6.45) is 3.37. The van der Waals surface area contributed by atoms with Gasteiger partial charge in [0.1, 0.15) is 11.6 Å². The number of halogens is 2. The fourth-order valence-electron chi connectivity index (χ4n) is 2.36. The SMILES string of the molecule is CC(c1c(F)cccc1F)N(CCO)Cc1cccnc1. The molecule has 1 N–H and O–H groups in total. The molecule has 1 atom stereocenters. The lowest BCUT2D eigenvalue weighted by Crippen LogP contribution is -2.30. The molecule has 2 rings (SSSR count). The lowest BCUT2D eigenvalue weighted by atomic mass is 10.0. The van der Waals surface area contributed by atoms with Crippen molar-refractivity contribution in [2.24, 2.45) is 0 Å². The highest BCUT2D eigenvalue weighted by molar-refractivity contribution is 5.23. The third-order valence-electron chi connectivity index (χ3n) is 3.46. The number of hydrogen-bond donors (Lipinski definition) is 1. The molecule has 0 aliphatic carbocycles. The van der Waals surface area contributed by atoms with Crippen LogP contribution >= 0.6 is 0 Å². The van der Waals surface area contributed by atoms with E-state index in [2.05, 4.69) is 4.98 Å². The van der Waals surface area contributed by atoms with Crippen molar-refractivity contribution in [2.75, 3.05) is 13.2 Å². The van der Waals surface area contributed by atoms with Crippen LogP contribution in [0.1, 0.15) is 24.1 Å². The summed E-state index contributed by atoms with van der Waals surface area (Å²) in [5.74, 6) is -1.15. The maximum Gasteiger partial charge on any atom is 0.130 e. The minimum Gasteiger partial charge on any atom is -0.395 e. The topological polar surface area (TPSA) is 36.4 Å². The third-order valence-corrected chi connectivity index (χ3v) is 3.46. The molecule has 0 fully saturated rings. The molecule has 0 aliphatic heterocycles. The standard InChI is InChI=1S/C16H18F2N2O/c1-12(16-14(17)5-2-6-15(16)18)20(8-9-21)11-13-4-3-7-19-10-13/h2-7,10,12,21H,8-9,11H2,1H3. The highest BCUT2D eigenvalue weighted by Gasteiger charge is 2.22. The molecule has 3 nitrogen and oxygen atoms in total. The van der Waals surface area contributed by atoms with Gasteiger partial charge < -0.3 is 5.11 Å². The van der Waals surface area contributed by atoms with Crippen molar-refractivity contribution < 1.29 is 13.9 Å². The van der Waals surface area contributed by atoms with E-state index in [1.165, 1.54) is 18.2 Å². The predicted octanol–water partition coefficient (Wildman–Crippen LogP) is 2.92. The van der Waals surface area contributed by atoms with Gasteiger partial charge in [0.05, 0.1) is 6.61 Å². The average Bonchev–Trinajstić information content (AvgIpc) is 2.47. The van der Waals surface area contributed by atoms with Gasteiger partial charge in [0.15, 0.2) is 0 Å². The quantitative estimate of drug-likeness (QED) is 0.889. The number of aliphatic hydroxyl groups is 1. The Bertz CT molecular complexity index is 557. The first kappa shape index (κ1) is 15.5. The largest absolute Gasteiger partial charge is 0.395 e. The molecule has 0 bridgehead atoms. The van der Waals surface area contributed by atoms with Crippen LogP contribution in [0.15, 0.2) is 42.7 Å². The summed E-state index contributed by atoms with van der Waals surface area (Å²) in [4.78, 5) is 5.85. The zero-order valence-electron chi connectivity index (χ0n) is 11.8. The second-order valence-electron chi connectivity index (χ2n) is 4.87. The van der Waals surface area contributed by atoms with Gasteiger partial charge in [-0.2, -0.15) is 0 Å². The van der Waals surface area contributed by atoms with E-state index in [-0.39, 0.29) is 12.2 Å². The summed E-state index contributed by atoms with van der Waals surface area (Å²) in [5.41, 5.74) is 0.949. The van der Waals surface area contributed by atoms with Crippen LogP contribution in [0.5, 0.6) is 0 Å². The van der Waals surface area contributed by atoms with Crippen LogP contribution in [-0.4, -0.2) is 28.1 Å². The minimum absolute atomic E-state index is 0.0230. The van der Waals surface area contributed by atoms with Gasteiger partial charge in [-0.25, -0.2) is 8.78 Å². The highest BCUT2D eigenvalue weighted by atomic mass is 19.1. The first-order valence-electron chi connectivity index (χ1n) is 6.81. The maximum absolute atomic E-state index is 13.9. The van der Waals surface area contributed by atoms with E-state index in [1.54, 1.807) is 25.4 Å². The molecule has 0 saturated carbocycles. The van der Waals surface area contributed by atoms with Gasteiger partial charge >= 0.3 is 0 Å². The summed E-state index contributed by atoms with van der Waals surface area (Å²) in [5, 5.41) is 9.20. The normalized spacial score (nSPS) is 12.6. The summed E-state index contributed by atoms with van der Waals surface area (Å²) < 4.78 is 27.8. The number of aromatic nitrogens is 1. The molecule has 21 heavy (non-hydrogen) atoms. The maximum atomic E-state index is 13.9. The van der Waals surface area contributed by atoms with Gasteiger partial charge in [-0.15, -0.1) is 0 Å². The molecule has 0 radical (unpaired) electrons. The monoisotopic (exact) mass is 292 g/mol. The van der Waals surface area contributed by atoms with Crippen LogP contribution in [-0.2, 0) is 6.54 Å². The fourth-order valence-corrected chi connectivity index (χ4v) is 2.36. The van der Waals surface area contributed by atoms with Gasteiger partial charge in [0.25, 0.3) is 0 Å². The summed E-state index contributed by atoms with van der Waals surface area (Å²) in [6, 6.07) is 7.05. The fraction of sp³-hybridized carbons (Fsp3) is 0.312. The Morgan fingerprint density at radius 3 is 2.48 bits per heavy atom. The van der Waals surface area contributed by atoms with Crippen LogP contribution in [0.25, 0.3) is 0 Å². The van der Waals surface area contributed by atoms with Gasteiger partial charge in [-0.05, 0) is 30.7 Å². The van der Waals surface area contributed by atoms with Crippen molar-refractivity contribution in [3.63, 3.8) is 0 Å². The van der Waals surface area contributed by atoms with E-state index in [9.17, 15) is 13.9 Å². The predicted molar refractivity (Wildman–Crippen MR) is 76.5 cm³/mol. The van der Waals surface area contributed by atoms with Crippen LogP contribution in [0.4, 0.5) is 8.78 Å². The van der Waals surface area contributed by atoms with Gasteiger partial charge in [-0.1, -0.05) is 12.1 Å². The molecule has 5 heteroatoms.